The average Bonchev–Trinajstić information content (AvgIpc) is 2.69. The minimum Gasteiger partial charge on any atom is -0.310 e. The highest BCUT2D eigenvalue weighted by Gasteiger charge is 2.15. The van der Waals surface area contributed by atoms with E-state index in [4.69, 9.17) is 0 Å². The molecule has 1 unspecified atom stereocenters. The van der Waals surface area contributed by atoms with Gasteiger partial charge in [-0.3, -0.25) is 0 Å². The van der Waals surface area contributed by atoms with Gasteiger partial charge in [0, 0.05) is 25.3 Å². The van der Waals surface area contributed by atoms with Crippen molar-refractivity contribution < 1.29 is 0 Å². The van der Waals surface area contributed by atoms with Crippen molar-refractivity contribution in [1.29, 1.82) is 0 Å². The molecule has 0 radical (unpaired) electrons. The molecule has 110 valence electrons. The summed E-state index contributed by atoms with van der Waals surface area (Å²) in [6.07, 6.45) is 2.08. The molecule has 0 aromatic carbocycles. The summed E-state index contributed by atoms with van der Waals surface area (Å²) in [6, 6.07) is 6.68. The summed E-state index contributed by atoms with van der Waals surface area (Å²) in [6.45, 7) is 8.46. The zero-order chi connectivity index (χ0) is 14.7. The largest absolute Gasteiger partial charge is 0.310 e. The summed E-state index contributed by atoms with van der Waals surface area (Å²) >= 11 is 0. The smallest absolute Gasteiger partial charge is 0.137 e. The zero-order valence-electron chi connectivity index (χ0n) is 13.2. The van der Waals surface area contributed by atoms with Crippen molar-refractivity contribution in [1.82, 2.24) is 19.6 Å². The first-order valence-corrected chi connectivity index (χ1v) is 7.30. The molecular weight excluding hydrogens is 248 g/mol. The lowest BCUT2D eigenvalue weighted by atomic mass is 10.0. The van der Waals surface area contributed by atoms with Crippen LogP contribution in [0.3, 0.4) is 0 Å². The molecule has 4 nitrogen and oxygen atoms in total. The van der Waals surface area contributed by atoms with Gasteiger partial charge in [-0.15, -0.1) is 0 Å². The molecule has 0 amide bonds. The second-order valence-electron chi connectivity index (χ2n) is 5.98. The van der Waals surface area contributed by atoms with Gasteiger partial charge in [0.05, 0.1) is 11.4 Å². The van der Waals surface area contributed by atoms with Crippen LogP contribution in [0.25, 0.3) is 5.65 Å². The monoisotopic (exact) mass is 274 g/mol. The Bertz CT molecular complexity index is 549. The normalized spacial score (nSPS) is 13.6. The van der Waals surface area contributed by atoms with Crippen LogP contribution in [0.2, 0.25) is 0 Å². The van der Waals surface area contributed by atoms with Gasteiger partial charge < -0.3 is 14.6 Å². The van der Waals surface area contributed by atoms with E-state index in [1.807, 2.05) is 18.2 Å². The Hall–Kier alpha value is -1.39. The quantitative estimate of drug-likeness (QED) is 0.877. The fourth-order valence-corrected chi connectivity index (χ4v) is 2.73. The van der Waals surface area contributed by atoms with Gasteiger partial charge in [0.2, 0.25) is 0 Å². The standard InChI is InChI=1S/C16H26N4/c1-12(2)14(19(4)5)10-17-11-15-13(3)18-16-8-6-7-9-20(15)16/h6-9,12,14,17H,10-11H2,1-5H3. The lowest BCUT2D eigenvalue weighted by molar-refractivity contribution is 0.224. The van der Waals surface area contributed by atoms with E-state index in [2.05, 4.69) is 60.7 Å². The number of imidazole rings is 1. The Balaban J connectivity index is 2.04. The first-order chi connectivity index (χ1) is 9.50. The van der Waals surface area contributed by atoms with E-state index in [1.54, 1.807) is 0 Å². The molecule has 1 N–H and O–H groups in total. The molecule has 0 spiro atoms. The number of hydrogen-bond acceptors (Lipinski definition) is 3. The molecule has 0 aliphatic carbocycles. The van der Waals surface area contributed by atoms with E-state index >= 15 is 0 Å². The van der Waals surface area contributed by atoms with Crippen molar-refractivity contribution in [2.24, 2.45) is 5.92 Å². The number of nitrogens with zero attached hydrogens (tertiary/aromatic N) is 3. The minimum atomic E-state index is 0.550. The van der Waals surface area contributed by atoms with E-state index < -0.39 is 0 Å². The van der Waals surface area contributed by atoms with Gasteiger partial charge in [0.25, 0.3) is 0 Å². The van der Waals surface area contributed by atoms with Gasteiger partial charge in [-0.05, 0) is 39.1 Å². The average molecular weight is 274 g/mol. The number of fused-ring (bicyclic) bond motifs is 1. The predicted octanol–water partition coefficient (Wildman–Crippen LogP) is 2.32. The van der Waals surface area contributed by atoms with E-state index in [9.17, 15) is 0 Å². The third kappa shape index (κ3) is 3.19. The van der Waals surface area contributed by atoms with Crippen molar-refractivity contribution in [2.45, 2.75) is 33.4 Å². The second-order valence-corrected chi connectivity index (χ2v) is 5.98. The van der Waals surface area contributed by atoms with Crippen LogP contribution in [0.5, 0.6) is 0 Å². The van der Waals surface area contributed by atoms with Crippen molar-refractivity contribution in [3.05, 3.63) is 35.8 Å². The van der Waals surface area contributed by atoms with Crippen molar-refractivity contribution in [3.63, 3.8) is 0 Å². The van der Waals surface area contributed by atoms with Gasteiger partial charge in [-0.25, -0.2) is 4.98 Å². The Morgan fingerprint density at radius 3 is 2.70 bits per heavy atom. The van der Waals surface area contributed by atoms with Crippen LogP contribution in [0.4, 0.5) is 0 Å². The maximum atomic E-state index is 4.59. The highest BCUT2D eigenvalue weighted by molar-refractivity contribution is 5.42. The van der Waals surface area contributed by atoms with Crippen LogP contribution >= 0.6 is 0 Å². The molecule has 2 heterocycles. The molecule has 20 heavy (non-hydrogen) atoms. The molecule has 0 saturated carbocycles. The molecule has 2 aromatic rings. The third-order valence-electron chi connectivity index (χ3n) is 3.91. The molecule has 4 heteroatoms. The van der Waals surface area contributed by atoms with Crippen LogP contribution < -0.4 is 5.32 Å². The highest BCUT2D eigenvalue weighted by Crippen LogP contribution is 2.12. The molecule has 2 rings (SSSR count). The second kappa shape index (κ2) is 6.37. The highest BCUT2D eigenvalue weighted by atomic mass is 15.1. The van der Waals surface area contributed by atoms with Crippen LogP contribution in [0, 0.1) is 12.8 Å². The maximum Gasteiger partial charge on any atom is 0.137 e. The van der Waals surface area contributed by atoms with Crippen molar-refractivity contribution >= 4 is 5.65 Å². The van der Waals surface area contributed by atoms with Crippen LogP contribution in [0.15, 0.2) is 24.4 Å². The van der Waals surface area contributed by atoms with Crippen molar-refractivity contribution in [2.75, 3.05) is 20.6 Å². The number of aryl methyl sites for hydroxylation is 1. The SMILES string of the molecule is Cc1nc2ccccn2c1CNCC(C(C)C)N(C)C. The number of nitrogens with one attached hydrogen (secondary N) is 1. The molecule has 0 aliphatic rings. The molecule has 2 aromatic heterocycles. The number of pyridine rings is 1. The van der Waals surface area contributed by atoms with E-state index in [-0.39, 0.29) is 0 Å². The topological polar surface area (TPSA) is 32.6 Å². The number of likely N-dealkylation sites (N-methyl/N-ethyl adjacent to an activating group) is 1. The van der Waals surface area contributed by atoms with Gasteiger partial charge in [-0.1, -0.05) is 19.9 Å². The van der Waals surface area contributed by atoms with E-state index in [0.29, 0.717) is 12.0 Å². The van der Waals surface area contributed by atoms with Gasteiger partial charge >= 0.3 is 0 Å². The molecular formula is C16H26N4. The summed E-state index contributed by atoms with van der Waals surface area (Å²) in [7, 11) is 4.29. The molecule has 0 saturated heterocycles. The summed E-state index contributed by atoms with van der Waals surface area (Å²) in [5.41, 5.74) is 3.38. The molecule has 0 fully saturated rings. The maximum absolute atomic E-state index is 4.59. The molecule has 0 aliphatic heterocycles. The number of rotatable bonds is 6. The summed E-state index contributed by atoms with van der Waals surface area (Å²) < 4.78 is 2.17. The fraction of sp³-hybridized carbons (Fsp3) is 0.562. The van der Waals surface area contributed by atoms with E-state index in [1.165, 1.54) is 5.69 Å². The molecule has 1 atom stereocenters. The Kier molecular flexibility index (Phi) is 4.78. The Labute approximate surface area is 121 Å². The first kappa shape index (κ1) is 15.0. The fourth-order valence-electron chi connectivity index (χ4n) is 2.73. The Morgan fingerprint density at radius 1 is 1.30 bits per heavy atom. The van der Waals surface area contributed by atoms with Crippen molar-refractivity contribution in [3.8, 4) is 0 Å². The predicted molar refractivity (Wildman–Crippen MR) is 83.9 cm³/mol. The number of hydrogen-bond donors (Lipinski definition) is 1. The van der Waals surface area contributed by atoms with E-state index in [0.717, 1.165) is 24.4 Å². The lowest BCUT2D eigenvalue weighted by Gasteiger charge is -2.28. The van der Waals surface area contributed by atoms with Crippen LogP contribution in [0.1, 0.15) is 25.2 Å². The third-order valence-corrected chi connectivity index (χ3v) is 3.91. The summed E-state index contributed by atoms with van der Waals surface area (Å²) in [4.78, 5) is 6.88. The Morgan fingerprint density at radius 2 is 2.05 bits per heavy atom. The zero-order valence-corrected chi connectivity index (χ0v) is 13.2. The minimum absolute atomic E-state index is 0.550. The molecule has 0 bridgehead atoms. The first-order valence-electron chi connectivity index (χ1n) is 7.30. The number of aromatic nitrogens is 2. The van der Waals surface area contributed by atoms with Crippen LogP contribution in [-0.2, 0) is 6.54 Å². The van der Waals surface area contributed by atoms with Gasteiger partial charge in [0.15, 0.2) is 0 Å². The van der Waals surface area contributed by atoms with Crippen LogP contribution in [-0.4, -0.2) is 41.0 Å². The summed E-state index contributed by atoms with van der Waals surface area (Å²) in [5.74, 6) is 0.640. The van der Waals surface area contributed by atoms with Gasteiger partial charge in [-0.2, -0.15) is 0 Å². The summed E-state index contributed by atoms with van der Waals surface area (Å²) in [5, 5.41) is 3.58. The van der Waals surface area contributed by atoms with Gasteiger partial charge in [0.1, 0.15) is 5.65 Å². The lowest BCUT2D eigenvalue weighted by Crippen LogP contribution is -2.41.